The standard InChI is InChI=1S/C17H25NO2/c1-18-17-15-7-6-14(19-2)11-13(15)5-8-16(17)20-10-9-12-3-4-12/h6-7,11-12,16-18H,3-5,8-10H2,1-2H3. The summed E-state index contributed by atoms with van der Waals surface area (Å²) in [5.74, 6) is 1.90. The smallest absolute Gasteiger partial charge is 0.119 e. The minimum atomic E-state index is 0.305. The first-order valence-electron chi connectivity index (χ1n) is 7.77. The molecule has 1 saturated carbocycles. The van der Waals surface area contributed by atoms with Crippen LogP contribution >= 0.6 is 0 Å². The number of nitrogens with one attached hydrogen (secondary N) is 1. The molecule has 110 valence electrons. The fourth-order valence-electron chi connectivity index (χ4n) is 3.21. The van der Waals surface area contributed by atoms with Crippen molar-refractivity contribution in [1.29, 1.82) is 0 Å². The maximum atomic E-state index is 6.16. The Kier molecular flexibility index (Phi) is 4.27. The highest BCUT2D eigenvalue weighted by Gasteiger charge is 2.30. The number of hydrogen-bond acceptors (Lipinski definition) is 3. The summed E-state index contributed by atoms with van der Waals surface area (Å²) in [6.45, 7) is 0.916. The van der Waals surface area contributed by atoms with Gasteiger partial charge >= 0.3 is 0 Å². The summed E-state index contributed by atoms with van der Waals surface area (Å²) >= 11 is 0. The summed E-state index contributed by atoms with van der Waals surface area (Å²) in [6, 6.07) is 6.71. The van der Waals surface area contributed by atoms with Crippen molar-refractivity contribution in [2.45, 2.75) is 44.2 Å². The number of ether oxygens (including phenoxy) is 2. The van der Waals surface area contributed by atoms with Crippen molar-refractivity contribution in [1.82, 2.24) is 5.32 Å². The Bertz CT molecular complexity index is 456. The summed E-state index contributed by atoms with van der Waals surface area (Å²) in [7, 11) is 3.76. The van der Waals surface area contributed by atoms with Gasteiger partial charge in [0, 0.05) is 6.61 Å². The highest BCUT2D eigenvalue weighted by molar-refractivity contribution is 5.39. The molecule has 0 heterocycles. The van der Waals surface area contributed by atoms with Gasteiger partial charge in [-0.05, 0) is 55.5 Å². The van der Waals surface area contributed by atoms with Gasteiger partial charge in [-0.1, -0.05) is 18.9 Å². The molecule has 0 radical (unpaired) electrons. The molecule has 0 aromatic heterocycles. The van der Waals surface area contributed by atoms with Gasteiger partial charge in [0.05, 0.1) is 19.3 Å². The van der Waals surface area contributed by atoms with Crippen LogP contribution in [0.3, 0.4) is 0 Å². The van der Waals surface area contributed by atoms with E-state index in [1.54, 1.807) is 7.11 Å². The first-order chi connectivity index (χ1) is 9.81. The number of fused-ring (bicyclic) bond motifs is 1. The molecule has 3 rings (SSSR count). The topological polar surface area (TPSA) is 30.5 Å². The lowest BCUT2D eigenvalue weighted by Gasteiger charge is -2.33. The molecule has 1 fully saturated rings. The van der Waals surface area contributed by atoms with Crippen LogP contribution in [0.4, 0.5) is 0 Å². The highest BCUT2D eigenvalue weighted by atomic mass is 16.5. The zero-order chi connectivity index (χ0) is 13.9. The maximum absolute atomic E-state index is 6.16. The third-order valence-electron chi connectivity index (χ3n) is 4.62. The molecule has 2 atom stereocenters. The summed E-state index contributed by atoms with van der Waals surface area (Å²) in [5.41, 5.74) is 2.77. The van der Waals surface area contributed by atoms with Crippen LogP contribution in [0.15, 0.2) is 18.2 Å². The number of methoxy groups -OCH3 is 1. The van der Waals surface area contributed by atoms with Crippen molar-refractivity contribution in [3.63, 3.8) is 0 Å². The van der Waals surface area contributed by atoms with Gasteiger partial charge < -0.3 is 14.8 Å². The molecule has 0 amide bonds. The van der Waals surface area contributed by atoms with E-state index in [1.165, 1.54) is 30.4 Å². The predicted molar refractivity (Wildman–Crippen MR) is 80.2 cm³/mol. The van der Waals surface area contributed by atoms with E-state index < -0.39 is 0 Å². The first kappa shape index (κ1) is 13.9. The van der Waals surface area contributed by atoms with Crippen molar-refractivity contribution >= 4 is 0 Å². The zero-order valence-corrected chi connectivity index (χ0v) is 12.5. The Morgan fingerprint density at radius 2 is 2.10 bits per heavy atom. The Morgan fingerprint density at radius 3 is 2.80 bits per heavy atom. The van der Waals surface area contributed by atoms with Crippen molar-refractivity contribution in [3.8, 4) is 5.75 Å². The van der Waals surface area contributed by atoms with Crippen LogP contribution in [0.2, 0.25) is 0 Å². The van der Waals surface area contributed by atoms with Gasteiger partial charge in [-0.3, -0.25) is 0 Å². The SMILES string of the molecule is CNC1c2ccc(OC)cc2CCC1OCCC1CC1. The molecule has 1 N–H and O–H groups in total. The fourth-order valence-corrected chi connectivity index (χ4v) is 3.21. The molecule has 1 aromatic rings. The summed E-state index contributed by atoms with van der Waals surface area (Å²) in [5, 5.41) is 3.44. The van der Waals surface area contributed by atoms with Crippen LogP contribution in [-0.4, -0.2) is 26.9 Å². The molecule has 2 aliphatic carbocycles. The average Bonchev–Trinajstić information content (AvgIpc) is 3.30. The van der Waals surface area contributed by atoms with Gasteiger partial charge in [0.2, 0.25) is 0 Å². The largest absolute Gasteiger partial charge is 0.497 e. The van der Waals surface area contributed by atoms with E-state index in [0.29, 0.717) is 12.1 Å². The molecule has 2 unspecified atom stereocenters. The minimum Gasteiger partial charge on any atom is -0.497 e. The summed E-state index contributed by atoms with van der Waals surface area (Å²) in [6.07, 6.45) is 6.54. The number of likely N-dealkylation sites (N-methyl/N-ethyl adjacent to an activating group) is 1. The van der Waals surface area contributed by atoms with E-state index >= 15 is 0 Å². The quantitative estimate of drug-likeness (QED) is 0.865. The molecule has 3 nitrogen and oxygen atoms in total. The summed E-state index contributed by atoms with van der Waals surface area (Å²) < 4.78 is 11.5. The normalized spacial score (nSPS) is 25.3. The van der Waals surface area contributed by atoms with Crippen LogP contribution in [0.25, 0.3) is 0 Å². The first-order valence-corrected chi connectivity index (χ1v) is 7.77. The maximum Gasteiger partial charge on any atom is 0.119 e. The number of aryl methyl sites for hydroxylation is 1. The van der Waals surface area contributed by atoms with E-state index in [4.69, 9.17) is 9.47 Å². The zero-order valence-electron chi connectivity index (χ0n) is 12.5. The lowest BCUT2D eigenvalue weighted by molar-refractivity contribution is 0.0144. The number of benzene rings is 1. The Morgan fingerprint density at radius 1 is 1.25 bits per heavy atom. The number of rotatable bonds is 6. The molecular formula is C17H25NO2. The van der Waals surface area contributed by atoms with Crippen molar-refractivity contribution in [2.24, 2.45) is 5.92 Å². The van der Waals surface area contributed by atoms with E-state index in [9.17, 15) is 0 Å². The van der Waals surface area contributed by atoms with Gasteiger partial charge in [-0.2, -0.15) is 0 Å². The second kappa shape index (κ2) is 6.15. The van der Waals surface area contributed by atoms with Crippen LogP contribution in [0.5, 0.6) is 5.75 Å². The molecule has 1 aromatic carbocycles. The van der Waals surface area contributed by atoms with E-state index in [1.807, 2.05) is 7.05 Å². The predicted octanol–water partition coefficient (Wildman–Crippen LogP) is 3.09. The van der Waals surface area contributed by atoms with Gasteiger partial charge in [0.25, 0.3) is 0 Å². The minimum absolute atomic E-state index is 0.305. The summed E-state index contributed by atoms with van der Waals surface area (Å²) in [4.78, 5) is 0. The van der Waals surface area contributed by atoms with E-state index in [2.05, 4.69) is 23.5 Å². The molecule has 3 heteroatoms. The molecule has 0 aliphatic heterocycles. The third-order valence-corrected chi connectivity index (χ3v) is 4.62. The van der Waals surface area contributed by atoms with Gasteiger partial charge in [-0.15, -0.1) is 0 Å². The second-order valence-electron chi connectivity index (χ2n) is 6.01. The van der Waals surface area contributed by atoms with Crippen molar-refractivity contribution < 1.29 is 9.47 Å². The van der Waals surface area contributed by atoms with Crippen molar-refractivity contribution in [3.05, 3.63) is 29.3 Å². The molecule has 20 heavy (non-hydrogen) atoms. The molecular weight excluding hydrogens is 250 g/mol. The molecule has 0 saturated heterocycles. The Balaban J connectivity index is 1.67. The van der Waals surface area contributed by atoms with Crippen LogP contribution in [0.1, 0.15) is 42.9 Å². The Hall–Kier alpha value is -1.06. The lowest BCUT2D eigenvalue weighted by atomic mass is 9.85. The monoisotopic (exact) mass is 275 g/mol. The second-order valence-corrected chi connectivity index (χ2v) is 6.01. The van der Waals surface area contributed by atoms with Crippen LogP contribution < -0.4 is 10.1 Å². The van der Waals surface area contributed by atoms with Crippen LogP contribution in [0, 0.1) is 5.92 Å². The third kappa shape index (κ3) is 2.99. The number of hydrogen-bond donors (Lipinski definition) is 1. The Labute approximate surface area is 121 Å². The van der Waals surface area contributed by atoms with Gasteiger partial charge in [0.1, 0.15) is 5.75 Å². The molecule has 0 bridgehead atoms. The van der Waals surface area contributed by atoms with E-state index in [-0.39, 0.29) is 0 Å². The van der Waals surface area contributed by atoms with E-state index in [0.717, 1.165) is 31.1 Å². The highest BCUT2D eigenvalue weighted by Crippen LogP contribution is 2.35. The van der Waals surface area contributed by atoms with Gasteiger partial charge in [-0.25, -0.2) is 0 Å². The fraction of sp³-hybridized carbons (Fsp3) is 0.647. The van der Waals surface area contributed by atoms with Crippen LogP contribution in [-0.2, 0) is 11.2 Å². The van der Waals surface area contributed by atoms with Gasteiger partial charge in [0.15, 0.2) is 0 Å². The average molecular weight is 275 g/mol. The molecule has 0 spiro atoms. The van der Waals surface area contributed by atoms with Crippen molar-refractivity contribution in [2.75, 3.05) is 20.8 Å². The lowest BCUT2D eigenvalue weighted by Crippen LogP contribution is -2.36. The molecule has 2 aliphatic rings.